The fourth-order valence-electron chi connectivity index (χ4n) is 4.41. The molecule has 1 saturated heterocycles. The van der Waals surface area contributed by atoms with Gasteiger partial charge in [0.1, 0.15) is 18.5 Å². The van der Waals surface area contributed by atoms with E-state index in [0.29, 0.717) is 5.56 Å². The molecule has 0 aliphatic carbocycles. The molecule has 0 aromatic heterocycles. The number of allylic oxidation sites excluding steroid dienone is 2. The van der Waals surface area contributed by atoms with Crippen LogP contribution in [0.2, 0.25) is 0 Å². The number of carbonyl (C=O) groups excluding carboxylic acids is 4. The van der Waals surface area contributed by atoms with E-state index in [1.807, 2.05) is 0 Å². The average molecular weight is 664 g/mol. The summed E-state index contributed by atoms with van der Waals surface area (Å²) in [5.41, 5.74) is 5.84. The summed E-state index contributed by atoms with van der Waals surface area (Å²) in [6.07, 6.45) is -5.26. The third-order valence-corrected chi connectivity index (χ3v) is 7.68. The minimum absolute atomic E-state index is 0.0162. The molecule has 3 rings (SSSR count). The Bertz CT molecular complexity index is 1400. The zero-order valence-corrected chi connectivity index (χ0v) is 25.3. The molecule has 0 bridgehead atoms. The number of benzene rings is 1. The maximum atomic E-state index is 12.2. The lowest BCUT2D eigenvalue weighted by Gasteiger charge is -2.44. The first kappa shape index (κ1) is 32.5. The highest BCUT2D eigenvalue weighted by Gasteiger charge is 2.53. The Hall–Kier alpha value is -4.05. The van der Waals surface area contributed by atoms with Crippen LogP contribution >= 0.6 is 27.7 Å². The lowest BCUT2D eigenvalue weighted by Crippen LogP contribution is -2.61. The molecule has 2 aliphatic heterocycles. The summed E-state index contributed by atoms with van der Waals surface area (Å²) >= 11 is 4.24. The Labute approximate surface area is 254 Å². The SMILES string of the molecule is CC(=O)OC[C@H]1O[C@@H](SC2=C(C#N)C(c3ccc(Br)cc3)C(C#N)=C(N)N2)[C@H](OC(C)=O)[C@@H](OC(C)=O)[C@@H]1OC(C)=O. The first-order valence-electron chi connectivity index (χ1n) is 12.4. The van der Waals surface area contributed by atoms with Crippen LogP contribution in [0.3, 0.4) is 0 Å². The molecule has 42 heavy (non-hydrogen) atoms. The zero-order chi connectivity index (χ0) is 31.1. The predicted molar refractivity (Wildman–Crippen MR) is 149 cm³/mol. The van der Waals surface area contributed by atoms with Crippen molar-refractivity contribution in [2.75, 3.05) is 6.61 Å². The molecule has 222 valence electrons. The number of nitrogens with one attached hydrogen (secondary N) is 1. The van der Waals surface area contributed by atoms with Crippen LogP contribution in [-0.2, 0) is 42.9 Å². The van der Waals surface area contributed by atoms with Gasteiger partial charge in [-0.1, -0.05) is 39.8 Å². The highest BCUT2D eigenvalue weighted by atomic mass is 79.9. The van der Waals surface area contributed by atoms with Crippen LogP contribution in [0.1, 0.15) is 39.2 Å². The molecular weight excluding hydrogens is 636 g/mol. The second kappa shape index (κ2) is 14.2. The number of nitriles is 2. The van der Waals surface area contributed by atoms with Gasteiger partial charge in [0.25, 0.3) is 0 Å². The first-order chi connectivity index (χ1) is 19.9. The summed E-state index contributed by atoms with van der Waals surface area (Å²) in [5.74, 6) is -3.82. The normalized spacial score (nSPS) is 25.3. The molecule has 3 N–H and O–H groups in total. The van der Waals surface area contributed by atoms with Crippen molar-refractivity contribution in [3.63, 3.8) is 0 Å². The summed E-state index contributed by atoms with van der Waals surface area (Å²) in [7, 11) is 0. The van der Waals surface area contributed by atoms with Gasteiger partial charge in [0.2, 0.25) is 0 Å². The van der Waals surface area contributed by atoms with E-state index in [0.717, 1.165) is 37.0 Å². The van der Waals surface area contributed by atoms with E-state index >= 15 is 0 Å². The van der Waals surface area contributed by atoms with Crippen molar-refractivity contribution in [3.05, 3.63) is 56.3 Å². The number of rotatable bonds is 8. The summed E-state index contributed by atoms with van der Waals surface area (Å²) in [4.78, 5) is 47.9. The Morgan fingerprint density at radius 3 is 1.98 bits per heavy atom. The number of thioether (sulfide) groups is 1. The molecule has 1 unspecified atom stereocenters. The molecule has 13 nitrogen and oxygen atoms in total. The molecular formula is C27H27BrN4O9S. The highest BCUT2D eigenvalue weighted by molar-refractivity contribution is 9.10. The van der Waals surface area contributed by atoms with Crippen LogP contribution in [0.25, 0.3) is 0 Å². The molecule has 1 fully saturated rings. The van der Waals surface area contributed by atoms with Gasteiger partial charge in [0.15, 0.2) is 23.7 Å². The molecule has 0 saturated carbocycles. The minimum Gasteiger partial charge on any atom is -0.463 e. The van der Waals surface area contributed by atoms with Gasteiger partial charge in [-0.05, 0) is 17.7 Å². The largest absolute Gasteiger partial charge is 0.463 e. The topological polar surface area (TPSA) is 200 Å². The minimum atomic E-state index is -1.39. The van der Waals surface area contributed by atoms with Gasteiger partial charge in [-0.25, -0.2) is 0 Å². The molecule has 2 aliphatic rings. The van der Waals surface area contributed by atoms with Crippen molar-refractivity contribution in [3.8, 4) is 12.1 Å². The van der Waals surface area contributed by atoms with E-state index in [1.54, 1.807) is 24.3 Å². The number of hydrogen-bond acceptors (Lipinski definition) is 14. The second-order valence-electron chi connectivity index (χ2n) is 9.09. The maximum absolute atomic E-state index is 12.2. The van der Waals surface area contributed by atoms with Crippen molar-refractivity contribution in [2.45, 2.75) is 63.5 Å². The smallest absolute Gasteiger partial charge is 0.303 e. The van der Waals surface area contributed by atoms with Crippen molar-refractivity contribution in [1.82, 2.24) is 5.32 Å². The van der Waals surface area contributed by atoms with E-state index in [1.165, 1.54) is 6.92 Å². The number of carbonyl (C=O) groups is 4. The van der Waals surface area contributed by atoms with Crippen LogP contribution in [0.15, 0.2) is 50.7 Å². The molecule has 0 spiro atoms. The van der Waals surface area contributed by atoms with Crippen LogP contribution in [0.5, 0.6) is 0 Å². The van der Waals surface area contributed by atoms with Gasteiger partial charge in [0.05, 0.1) is 34.2 Å². The number of nitrogens with two attached hydrogens (primary N) is 1. The van der Waals surface area contributed by atoms with Crippen molar-refractivity contribution < 1.29 is 42.9 Å². The van der Waals surface area contributed by atoms with E-state index in [-0.39, 0.29) is 22.0 Å². The third kappa shape index (κ3) is 7.82. The number of halogens is 1. The Balaban J connectivity index is 2.13. The standard InChI is InChI=1S/C27H27BrN4O9S/c1-12(33)37-11-20-22(38-13(2)34)23(39-14(3)35)24(40-15(4)36)27(41-20)42-26-19(10-30)21(18(9-29)25(31)32-26)16-5-7-17(28)8-6-16/h5-8,20-24,27,32H,11,31H2,1-4H3/t20-,21?,22-,23+,24-,27+/m1/s1. The van der Waals surface area contributed by atoms with Gasteiger partial charge >= 0.3 is 23.9 Å². The predicted octanol–water partition coefficient (Wildman–Crippen LogP) is 2.38. The van der Waals surface area contributed by atoms with Crippen molar-refractivity contribution in [2.24, 2.45) is 5.73 Å². The second-order valence-corrected chi connectivity index (χ2v) is 11.1. The Kier molecular flexibility index (Phi) is 11.0. The van der Waals surface area contributed by atoms with Crippen LogP contribution in [0.4, 0.5) is 0 Å². The summed E-state index contributed by atoms with van der Waals surface area (Å²) in [5, 5.41) is 23.2. The summed E-state index contributed by atoms with van der Waals surface area (Å²) < 4.78 is 28.4. The Morgan fingerprint density at radius 1 is 0.905 bits per heavy atom. The highest BCUT2D eigenvalue weighted by Crippen LogP contribution is 2.43. The van der Waals surface area contributed by atoms with Gasteiger partial charge in [-0.15, -0.1) is 0 Å². The van der Waals surface area contributed by atoms with Gasteiger partial charge < -0.3 is 34.7 Å². The quantitative estimate of drug-likeness (QED) is 0.303. The summed E-state index contributed by atoms with van der Waals surface area (Å²) in [6.45, 7) is 4.12. The molecule has 15 heteroatoms. The van der Waals surface area contributed by atoms with E-state index in [2.05, 4.69) is 33.4 Å². The molecule has 1 aromatic carbocycles. The lowest BCUT2D eigenvalue weighted by molar-refractivity contribution is -0.237. The maximum Gasteiger partial charge on any atom is 0.303 e. The molecule has 2 heterocycles. The number of dihydropyridines is 1. The van der Waals surface area contributed by atoms with E-state index < -0.39 is 66.3 Å². The van der Waals surface area contributed by atoms with Gasteiger partial charge in [0, 0.05) is 32.2 Å². The van der Waals surface area contributed by atoms with Crippen LogP contribution in [0, 0.1) is 22.7 Å². The monoisotopic (exact) mass is 662 g/mol. The fourth-order valence-corrected chi connectivity index (χ4v) is 5.91. The molecule has 0 amide bonds. The zero-order valence-electron chi connectivity index (χ0n) is 22.9. The number of ether oxygens (including phenoxy) is 5. The molecule has 6 atom stereocenters. The number of esters is 4. The molecule has 0 radical (unpaired) electrons. The average Bonchev–Trinajstić information content (AvgIpc) is 2.90. The van der Waals surface area contributed by atoms with Gasteiger partial charge in [-0.3, -0.25) is 19.2 Å². The first-order valence-corrected chi connectivity index (χ1v) is 14.1. The van der Waals surface area contributed by atoms with Gasteiger partial charge in [-0.2, -0.15) is 10.5 Å². The Morgan fingerprint density at radius 2 is 1.45 bits per heavy atom. The van der Waals surface area contributed by atoms with E-state index in [9.17, 15) is 29.7 Å². The third-order valence-electron chi connectivity index (χ3n) is 5.99. The molecule has 1 aromatic rings. The lowest BCUT2D eigenvalue weighted by atomic mass is 9.84. The number of nitrogens with zero attached hydrogens (tertiary/aromatic N) is 2. The van der Waals surface area contributed by atoms with Crippen molar-refractivity contribution >= 4 is 51.6 Å². The van der Waals surface area contributed by atoms with Crippen LogP contribution < -0.4 is 11.1 Å². The fraction of sp³-hybridized carbons (Fsp3) is 0.407. The van der Waals surface area contributed by atoms with E-state index in [4.69, 9.17) is 29.4 Å². The summed E-state index contributed by atoms with van der Waals surface area (Å²) in [6, 6.07) is 11.2. The number of hydrogen-bond donors (Lipinski definition) is 2. The van der Waals surface area contributed by atoms with Crippen LogP contribution in [-0.4, -0.2) is 60.3 Å². The van der Waals surface area contributed by atoms with Crippen molar-refractivity contribution in [1.29, 1.82) is 10.5 Å².